The molecule has 0 bridgehead atoms. The zero-order valence-corrected chi connectivity index (χ0v) is 15.7. The number of carbonyl (C=O) groups excluding carboxylic acids is 1. The van der Waals surface area contributed by atoms with Crippen molar-refractivity contribution >= 4 is 11.7 Å². The van der Waals surface area contributed by atoms with Crippen LogP contribution in [0.4, 0.5) is 19.0 Å². The van der Waals surface area contributed by atoms with E-state index in [2.05, 4.69) is 20.2 Å². The molecule has 1 aromatic heterocycles. The van der Waals surface area contributed by atoms with Gasteiger partial charge in [0, 0.05) is 31.7 Å². The van der Waals surface area contributed by atoms with Crippen LogP contribution in [0.3, 0.4) is 0 Å². The van der Waals surface area contributed by atoms with E-state index >= 15 is 0 Å². The summed E-state index contributed by atoms with van der Waals surface area (Å²) < 4.78 is 38.9. The van der Waals surface area contributed by atoms with Gasteiger partial charge in [-0.25, -0.2) is 9.97 Å². The van der Waals surface area contributed by atoms with Crippen LogP contribution in [0, 0.1) is 12.8 Å². The second-order valence-electron chi connectivity index (χ2n) is 7.53. The van der Waals surface area contributed by atoms with Crippen LogP contribution in [0.25, 0.3) is 0 Å². The van der Waals surface area contributed by atoms with Crippen molar-refractivity contribution in [2.24, 2.45) is 5.92 Å². The Balaban J connectivity index is 1.56. The number of anilines is 1. The number of aryl methyl sites for hydroxylation is 1. The standard InChI is InChI=1S/C18H26F3N5O/c1-12-22-15(18(19,20)21)10-16(23-12)26-8-5-14(6-9-26)24-17(27)13-4-3-7-25(2)11-13/h10,13-14H,3-9,11H2,1-2H3,(H,24,27)/t13-/m1/s1. The Morgan fingerprint density at radius 1 is 1.19 bits per heavy atom. The van der Waals surface area contributed by atoms with Gasteiger partial charge in [0.25, 0.3) is 0 Å². The molecule has 2 fully saturated rings. The van der Waals surface area contributed by atoms with Crippen LogP contribution in [0.2, 0.25) is 0 Å². The summed E-state index contributed by atoms with van der Waals surface area (Å²) in [6.45, 7) is 4.39. The Kier molecular flexibility index (Phi) is 5.88. The third-order valence-electron chi connectivity index (χ3n) is 5.28. The summed E-state index contributed by atoms with van der Waals surface area (Å²) in [6.07, 6.45) is -1.16. The van der Waals surface area contributed by atoms with Gasteiger partial charge in [0.15, 0.2) is 0 Å². The number of aromatic nitrogens is 2. The van der Waals surface area contributed by atoms with Gasteiger partial charge in [0.2, 0.25) is 5.91 Å². The van der Waals surface area contributed by atoms with Gasteiger partial charge in [0.1, 0.15) is 17.3 Å². The summed E-state index contributed by atoms with van der Waals surface area (Å²) in [7, 11) is 2.02. The summed E-state index contributed by atoms with van der Waals surface area (Å²) >= 11 is 0. The Morgan fingerprint density at radius 3 is 2.52 bits per heavy atom. The molecule has 3 heterocycles. The number of halogens is 3. The summed E-state index contributed by atoms with van der Waals surface area (Å²) in [5.74, 6) is 0.531. The fourth-order valence-electron chi connectivity index (χ4n) is 3.81. The second-order valence-corrected chi connectivity index (χ2v) is 7.53. The molecule has 0 unspecified atom stereocenters. The fraction of sp³-hybridized carbons (Fsp3) is 0.722. The molecular weight excluding hydrogens is 359 g/mol. The van der Waals surface area contributed by atoms with Crippen molar-refractivity contribution in [3.63, 3.8) is 0 Å². The Labute approximate surface area is 157 Å². The van der Waals surface area contributed by atoms with Crippen molar-refractivity contribution < 1.29 is 18.0 Å². The molecule has 2 saturated heterocycles. The number of hydrogen-bond donors (Lipinski definition) is 1. The molecular formula is C18H26F3N5O. The molecule has 1 atom stereocenters. The molecule has 0 saturated carbocycles. The monoisotopic (exact) mass is 385 g/mol. The lowest BCUT2D eigenvalue weighted by Crippen LogP contribution is -2.49. The van der Waals surface area contributed by atoms with Crippen molar-refractivity contribution in [3.05, 3.63) is 17.6 Å². The number of carbonyl (C=O) groups is 1. The minimum atomic E-state index is -4.48. The maximum atomic E-state index is 13.0. The average Bonchev–Trinajstić information content (AvgIpc) is 2.61. The first-order valence-corrected chi connectivity index (χ1v) is 9.39. The molecule has 2 aliphatic heterocycles. The van der Waals surface area contributed by atoms with Crippen LogP contribution in [-0.4, -0.2) is 60.0 Å². The van der Waals surface area contributed by atoms with Crippen molar-refractivity contribution in [1.82, 2.24) is 20.2 Å². The van der Waals surface area contributed by atoms with E-state index in [-0.39, 0.29) is 23.7 Å². The molecule has 1 aromatic rings. The molecule has 27 heavy (non-hydrogen) atoms. The molecule has 9 heteroatoms. The van der Waals surface area contributed by atoms with Crippen LogP contribution in [0.1, 0.15) is 37.2 Å². The predicted octanol–water partition coefficient (Wildman–Crippen LogP) is 2.23. The first-order valence-electron chi connectivity index (χ1n) is 9.39. The fourth-order valence-corrected chi connectivity index (χ4v) is 3.81. The summed E-state index contributed by atoms with van der Waals surface area (Å²) in [5, 5.41) is 3.12. The zero-order chi connectivity index (χ0) is 19.6. The Morgan fingerprint density at radius 2 is 1.89 bits per heavy atom. The smallest absolute Gasteiger partial charge is 0.356 e. The largest absolute Gasteiger partial charge is 0.433 e. The van der Waals surface area contributed by atoms with E-state index in [1.165, 1.54) is 6.92 Å². The molecule has 0 radical (unpaired) electrons. The van der Waals surface area contributed by atoms with Crippen molar-refractivity contribution in [2.45, 2.75) is 44.8 Å². The van der Waals surface area contributed by atoms with E-state index in [1.807, 2.05) is 11.9 Å². The molecule has 150 valence electrons. The van der Waals surface area contributed by atoms with Gasteiger partial charge in [-0.15, -0.1) is 0 Å². The van der Waals surface area contributed by atoms with Gasteiger partial charge in [0.05, 0.1) is 5.92 Å². The molecule has 0 aromatic carbocycles. The molecule has 3 rings (SSSR count). The van der Waals surface area contributed by atoms with Crippen LogP contribution < -0.4 is 10.2 Å². The Bertz CT molecular complexity index is 673. The van der Waals surface area contributed by atoms with Crippen molar-refractivity contribution in [3.8, 4) is 0 Å². The van der Waals surface area contributed by atoms with Gasteiger partial charge >= 0.3 is 6.18 Å². The topological polar surface area (TPSA) is 61.4 Å². The van der Waals surface area contributed by atoms with Crippen LogP contribution in [0.15, 0.2) is 6.07 Å². The van der Waals surface area contributed by atoms with Gasteiger partial charge in [-0.3, -0.25) is 4.79 Å². The van der Waals surface area contributed by atoms with E-state index in [0.29, 0.717) is 31.7 Å². The zero-order valence-electron chi connectivity index (χ0n) is 15.7. The number of nitrogens with zero attached hydrogens (tertiary/aromatic N) is 4. The number of rotatable bonds is 3. The van der Waals surface area contributed by atoms with E-state index < -0.39 is 11.9 Å². The minimum absolute atomic E-state index is 0.0284. The van der Waals surface area contributed by atoms with Crippen molar-refractivity contribution in [2.75, 3.05) is 38.1 Å². The highest BCUT2D eigenvalue weighted by Crippen LogP contribution is 2.30. The van der Waals surface area contributed by atoms with Gasteiger partial charge < -0.3 is 15.1 Å². The van der Waals surface area contributed by atoms with E-state index in [0.717, 1.165) is 32.0 Å². The van der Waals surface area contributed by atoms with E-state index in [4.69, 9.17) is 0 Å². The number of nitrogens with one attached hydrogen (secondary N) is 1. The van der Waals surface area contributed by atoms with Gasteiger partial charge in [-0.1, -0.05) is 0 Å². The molecule has 6 nitrogen and oxygen atoms in total. The second kappa shape index (κ2) is 8.00. The number of amides is 1. The highest BCUT2D eigenvalue weighted by atomic mass is 19.4. The lowest BCUT2D eigenvalue weighted by atomic mass is 9.96. The third-order valence-corrected chi connectivity index (χ3v) is 5.28. The van der Waals surface area contributed by atoms with E-state index in [1.54, 1.807) is 0 Å². The number of piperidine rings is 2. The third kappa shape index (κ3) is 5.09. The van der Waals surface area contributed by atoms with Gasteiger partial charge in [-0.05, 0) is 46.2 Å². The minimum Gasteiger partial charge on any atom is -0.356 e. The van der Waals surface area contributed by atoms with Crippen LogP contribution in [0.5, 0.6) is 0 Å². The average molecular weight is 385 g/mol. The summed E-state index contributed by atoms with van der Waals surface area (Å²) in [4.78, 5) is 24.1. The normalized spacial score (nSPS) is 22.7. The molecule has 1 amide bonds. The maximum absolute atomic E-state index is 13.0. The van der Waals surface area contributed by atoms with Crippen LogP contribution >= 0.6 is 0 Å². The van der Waals surface area contributed by atoms with Crippen molar-refractivity contribution in [1.29, 1.82) is 0 Å². The van der Waals surface area contributed by atoms with Crippen LogP contribution in [-0.2, 0) is 11.0 Å². The number of hydrogen-bond acceptors (Lipinski definition) is 5. The lowest BCUT2D eigenvalue weighted by molar-refractivity contribution is -0.141. The highest BCUT2D eigenvalue weighted by Gasteiger charge is 2.34. The molecule has 0 aliphatic carbocycles. The SMILES string of the molecule is Cc1nc(N2CCC(NC(=O)[C@@H]3CCCN(C)C3)CC2)cc(C(F)(F)F)n1. The molecule has 0 spiro atoms. The lowest BCUT2D eigenvalue weighted by Gasteiger charge is -2.35. The molecule has 2 aliphatic rings. The first-order chi connectivity index (χ1) is 12.7. The summed E-state index contributed by atoms with van der Waals surface area (Å²) in [5.41, 5.74) is -0.915. The first kappa shape index (κ1) is 19.9. The molecule has 1 N–H and O–H groups in total. The Hall–Kier alpha value is -1.90. The van der Waals surface area contributed by atoms with Gasteiger partial charge in [-0.2, -0.15) is 13.2 Å². The summed E-state index contributed by atoms with van der Waals surface area (Å²) in [6, 6.07) is 1.06. The number of likely N-dealkylation sites (tertiary alicyclic amines) is 1. The van der Waals surface area contributed by atoms with E-state index in [9.17, 15) is 18.0 Å². The number of alkyl halides is 3. The predicted molar refractivity (Wildman–Crippen MR) is 95.4 cm³/mol. The quantitative estimate of drug-likeness (QED) is 0.865. The maximum Gasteiger partial charge on any atom is 0.433 e. The highest BCUT2D eigenvalue weighted by molar-refractivity contribution is 5.79.